The molecule has 0 aliphatic rings. The molecule has 2 aromatic carbocycles. The van der Waals surface area contributed by atoms with E-state index in [0.29, 0.717) is 5.57 Å². The molecule has 0 N–H and O–H groups in total. The summed E-state index contributed by atoms with van der Waals surface area (Å²) in [5, 5.41) is 12.4. The highest BCUT2D eigenvalue weighted by molar-refractivity contribution is 7.11. The van der Waals surface area contributed by atoms with Crippen LogP contribution >= 0.6 is 11.3 Å². The minimum atomic E-state index is 0.570. The summed E-state index contributed by atoms with van der Waals surface area (Å²) in [6, 6.07) is 18.5. The molecular weight excluding hydrogens is 364 g/mol. The number of ether oxygens (including phenoxy) is 1. The fourth-order valence-electron chi connectivity index (χ4n) is 2.74. The van der Waals surface area contributed by atoms with Crippen molar-refractivity contribution in [1.82, 2.24) is 4.98 Å². The number of nitrogens with zero attached hydrogens (tertiary/aromatic N) is 2. The van der Waals surface area contributed by atoms with Gasteiger partial charge in [0, 0.05) is 10.9 Å². The number of aryl methyl sites for hydroxylation is 1. The van der Waals surface area contributed by atoms with Gasteiger partial charge in [-0.05, 0) is 42.2 Å². The third kappa shape index (κ3) is 5.09. The van der Waals surface area contributed by atoms with Crippen LogP contribution in [0, 0.1) is 11.3 Å². The minimum absolute atomic E-state index is 0.570. The maximum absolute atomic E-state index is 9.61. The van der Waals surface area contributed by atoms with E-state index < -0.39 is 0 Å². The first kappa shape index (κ1) is 19.9. The summed E-state index contributed by atoms with van der Waals surface area (Å²) in [5.41, 5.74) is 4.82. The molecule has 1 aromatic heterocycles. The number of unbranched alkanes of at least 4 members (excludes halogenated alkanes) is 1. The quantitative estimate of drug-likeness (QED) is 0.322. The van der Waals surface area contributed by atoms with E-state index >= 15 is 0 Å². The van der Waals surface area contributed by atoms with E-state index in [1.165, 1.54) is 16.9 Å². The van der Waals surface area contributed by atoms with Crippen molar-refractivity contribution in [2.45, 2.75) is 33.1 Å². The van der Waals surface area contributed by atoms with Gasteiger partial charge in [-0.3, -0.25) is 0 Å². The Morgan fingerprint density at radius 3 is 2.50 bits per heavy atom. The highest BCUT2D eigenvalue weighted by Crippen LogP contribution is 2.28. The van der Waals surface area contributed by atoms with Crippen LogP contribution in [0.25, 0.3) is 22.9 Å². The second kappa shape index (κ2) is 9.87. The predicted octanol–water partition coefficient (Wildman–Crippen LogP) is 6.62. The summed E-state index contributed by atoms with van der Waals surface area (Å²) in [7, 11) is 0. The van der Waals surface area contributed by atoms with Crippen LogP contribution in [-0.2, 0) is 6.42 Å². The number of benzene rings is 2. The van der Waals surface area contributed by atoms with Gasteiger partial charge in [0.05, 0.1) is 17.9 Å². The SMILES string of the molecule is CCCCOc1ccc(/C=C(/C#N)c2nc(-c3ccc(CC)cc3)cs2)cc1. The number of allylic oxidation sites excluding steroid dienone is 1. The van der Waals surface area contributed by atoms with Crippen molar-refractivity contribution in [1.29, 1.82) is 5.26 Å². The van der Waals surface area contributed by atoms with Crippen molar-refractivity contribution in [2.24, 2.45) is 0 Å². The minimum Gasteiger partial charge on any atom is -0.494 e. The molecule has 0 amide bonds. The van der Waals surface area contributed by atoms with Crippen LogP contribution in [0.15, 0.2) is 53.9 Å². The highest BCUT2D eigenvalue weighted by Gasteiger charge is 2.09. The topological polar surface area (TPSA) is 45.9 Å². The lowest BCUT2D eigenvalue weighted by Crippen LogP contribution is -1.95. The molecule has 3 aromatic rings. The number of nitriles is 1. The molecule has 0 saturated heterocycles. The summed E-state index contributed by atoms with van der Waals surface area (Å²) >= 11 is 1.50. The summed E-state index contributed by atoms with van der Waals surface area (Å²) in [6.45, 7) is 5.02. The van der Waals surface area contributed by atoms with Crippen molar-refractivity contribution in [3.8, 4) is 23.1 Å². The lowest BCUT2D eigenvalue weighted by atomic mass is 10.1. The molecule has 0 radical (unpaired) electrons. The molecule has 0 fully saturated rings. The summed E-state index contributed by atoms with van der Waals surface area (Å²) < 4.78 is 5.69. The fraction of sp³-hybridized carbons (Fsp3) is 0.250. The Morgan fingerprint density at radius 1 is 1.11 bits per heavy atom. The third-order valence-corrected chi connectivity index (χ3v) is 5.35. The fourth-order valence-corrected chi connectivity index (χ4v) is 3.54. The van der Waals surface area contributed by atoms with Crippen LogP contribution in [-0.4, -0.2) is 11.6 Å². The van der Waals surface area contributed by atoms with Gasteiger partial charge in [0.25, 0.3) is 0 Å². The Hall–Kier alpha value is -2.90. The average Bonchev–Trinajstić information content (AvgIpc) is 3.23. The van der Waals surface area contributed by atoms with Gasteiger partial charge in [0.1, 0.15) is 16.8 Å². The van der Waals surface area contributed by atoms with Crippen LogP contribution in [0.5, 0.6) is 5.75 Å². The van der Waals surface area contributed by atoms with Crippen molar-refractivity contribution in [3.63, 3.8) is 0 Å². The van der Waals surface area contributed by atoms with E-state index in [1.807, 2.05) is 35.7 Å². The van der Waals surface area contributed by atoms with Gasteiger partial charge in [-0.2, -0.15) is 5.26 Å². The lowest BCUT2D eigenvalue weighted by Gasteiger charge is -2.05. The first-order chi connectivity index (χ1) is 13.7. The molecule has 3 rings (SSSR count). The number of aromatic nitrogens is 1. The number of thiazole rings is 1. The van der Waals surface area contributed by atoms with Gasteiger partial charge in [0.15, 0.2) is 0 Å². The molecule has 4 heteroatoms. The molecule has 3 nitrogen and oxygen atoms in total. The second-order valence-electron chi connectivity index (χ2n) is 6.53. The molecule has 0 saturated carbocycles. The summed E-state index contributed by atoms with van der Waals surface area (Å²) in [6.07, 6.45) is 5.06. The zero-order valence-corrected chi connectivity index (χ0v) is 17.1. The molecular formula is C24H24N2OS. The van der Waals surface area contributed by atoms with Crippen molar-refractivity contribution in [2.75, 3.05) is 6.61 Å². The maximum atomic E-state index is 9.61. The Morgan fingerprint density at radius 2 is 1.86 bits per heavy atom. The van der Waals surface area contributed by atoms with E-state index in [0.717, 1.165) is 53.4 Å². The standard InChI is InChI=1S/C24H24N2OS/c1-3-5-14-27-22-12-8-19(9-13-22)15-21(16-25)24-26-23(17-28-24)20-10-6-18(4-2)7-11-20/h6-13,15,17H,3-5,14H2,1-2H3/b21-15-. The van der Waals surface area contributed by atoms with Gasteiger partial charge >= 0.3 is 0 Å². The normalized spacial score (nSPS) is 11.2. The van der Waals surface area contributed by atoms with Crippen LogP contribution in [0.2, 0.25) is 0 Å². The van der Waals surface area contributed by atoms with Gasteiger partial charge in [0.2, 0.25) is 0 Å². The molecule has 0 atom stereocenters. The average molecular weight is 389 g/mol. The molecule has 142 valence electrons. The lowest BCUT2D eigenvalue weighted by molar-refractivity contribution is 0.309. The Labute approximate surface area is 171 Å². The molecule has 0 aliphatic heterocycles. The van der Waals surface area contributed by atoms with Crippen LogP contribution in [0.3, 0.4) is 0 Å². The van der Waals surface area contributed by atoms with Gasteiger partial charge in [-0.15, -0.1) is 11.3 Å². The smallest absolute Gasteiger partial charge is 0.134 e. The van der Waals surface area contributed by atoms with Crippen molar-refractivity contribution >= 4 is 23.0 Å². The van der Waals surface area contributed by atoms with E-state index in [2.05, 4.69) is 49.2 Å². The molecule has 0 bridgehead atoms. The highest BCUT2D eigenvalue weighted by atomic mass is 32.1. The Kier molecular flexibility index (Phi) is 7.00. The second-order valence-corrected chi connectivity index (χ2v) is 7.39. The molecule has 28 heavy (non-hydrogen) atoms. The van der Waals surface area contributed by atoms with Gasteiger partial charge < -0.3 is 4.74 Å². The first-order valence-corrected chi connectivity index (χ1v) is 10.5. The number of rotatable bonds is 8. The monoisotopic (exact) mass is 388 g/mol. The molecule has 0 unspecified atom stereocenters. The largest absolute Gasteiger partial charge is 0.494 e. The zero-order chi connectivity index (χ0) is 19.8. The number of hydrogen-bond donors (Lipinski definition) is 0. The predicted molar refractivity (Wildman–Crippen MR) is 117 cm³/mol. The molecule has 0 spiro atoms. The Bertz CT molecular complexity index is 963. The van der Waals surface area contributed by atoms with Gasteiger partial charge in [-0.1, -0.05) is 56.7 Å². The van der Waals surface area contributed by atoms with E-state index in [9.17, 15) is 5.26 Å². The van der Waals surface area contributed by atoms with Crippen molar-refractivity contribution in [3.05, 3.63) is 70.0 Å². The summed E-state index contributed by atoms with van der Waals surface area (Å²) in [5.74, 6) is 0.858. The Balaban J connectivity index is 1.76. The zero-order valence-electron chi connectivity index (χ0n) is 16.3. The van der Waals surface area contributed by atoms with E-state index in [4.69, 9.17) is 4.74 Å². The van der Waals surface area contributed by atoms with Crippen LogP contribution in [0.4, 0.5) is 0 Å². The molecule has 1 heterocycles. The number of hydrogen-bond acceptors (Lipinski definition) is 4. The van der Waals surface area contributed by atoms with Crippen LogP contribution < -0.4 is 4.74 Å². The van der Waals surface area contributed by atoms with Crippen LogP contribution in [0.1, 0.15) is 42.8 Å². The summed E-state index contributed by atoms with van der Waals surface area (Å²) in [4.78, 5) is 4.67. The third-order valence-electron chi connectivity index (χ3n) is 4.47. The molecule has 0 aliphatic carbocycles. The van der Waals surface area contributed by atoms with Gasteiger partial charge in [-0.25, -0.2) is 4.98 Å². The van der Waals surface area contributed by atoms with E-state index in [1.54, 1.807) is 0 Å². The maximum Gasteiger partial charge on any atom is 0.134 e. The van der Waals surface area contributed by atoms with E-state index in [-0.39, 0.29) is 0 Å². The van der Waals surface area contributed by atoms with Crippen molar-refractivity contribution < 1.29 is 4.74 Å². The first-order valence-electron chi connectivity index (χ1n) is 9.63.